The molecular formula is C24H27FN6O. The number of rotatable bonds is 7. The van der Waals surface area contributed by atoms with Crippen molar-refractivity contribution in [2.45, 2.75) is 13.5 Å². The minimum atomic E-state index is -0.369. The lowest BCUT2D eigenvalue weighted by Crippen LogP contribution is -2.35. The SMILES string of the molecule is C/C=C/C(F)=C\C(=C/N)\C=C\c1cn[nH]c1-c1nc2ccc(CN3CCOCC3)cc2[nH]1. The van der Waals surface area contributed by atoms with Crippen LogP contribution in [0.1, 0.15) is 18.1 Å². The quantitative estimate of drug-likeness (QED) is 0.487. The molecule has 166 valence electrons. The average molecular weight is 435 g/mol. The van der Waals surface area contributed by atoms with Gasteiger partial charge in [0.2, 0.25) is 0 Å². The van der Waals surface area contributed by atoms with Crippen molar-refractivity contribution in [3.63, 3.8) is 0 Å². The minimum absolute atomic E-state index is 0.369. The van der Waals surface area contributed by atoms with Crippen molar-refractivity contribution in [1.82, 2.24) is 25.1 Å². The van der Waals surface area contributed by atoms with Gasteiger partial charge in [-0.1, -0.05) is 24.3 Å². The summed E-state index contributed by atoms with van der Waals surface area (Å²) in [7, 11) is 0. The zero-order valence-electron chi connectivity index (χ0n) is 18.0. The molecule has 1 aliphatic heterocycles. The number of halogens is 1. The van der Waals surface area contributed by atoms with Gasteiger partial charge in [-0.15, -0.1) is 0 Å². The van der Waals surface area contributed by atoms with Crippen molar-refractivity contribution in [2.75, 3.05) is 26.3 Å². The van der Waals surface area contributed by atoms with Gasteiger partial charge in [0, 0.05) is 31.4 Å². The molecule has 32 heavy (non-hydrogen) atoms. The number of fused-ring (bicyclic) bond motifs is 1. The Hall–Kier alpha value is -3.49. The topological polar surface area (TPSA) is 95.8 Å². The molecule has 7 nitrogen and oxygen atoms in total. The maximum absolute atomic E-state index is 13.8. The van der Waals surface area contributed by atoms with E-state index in [9.17, 15) is 4.39 Å². The second kappa shape index (κ2) is 10.2. The number of nitrogens with two attached hydrogens (primary N) is 1. The summed E-state index contributed by atoms with van der Waals surface area (Å²) in [5.41, 5.74) is 10.8. The largest absolute Gasteiger partial charge is 0.404 e. The fourth-order valence-electron chi connectivity index (χ4n) is 3.61. The summed E-state index contributed by atoms with van der Waals surface area (Å²) in [4.78, 5) is 10.5. The van der Waals surface area contributed by atoms with Crippen LogP contribution in [0.3, 0.4) is 0 Å². The molecule has 8 heteroatoms. The van der Waals surface area contributed by atoms with Gasteiger partial charge in [-0.2, -0.15) is 5.10 Å². The molecule has 2 aromatic heterocycles. The third kappa shape index (κ3) is 5.22. The Morgan fingerprint density at radius 1 is 1.28 bits per heavy atom. The van der Waals surface area contributed by atoms with E-state index in [-0.39, 0.29) is 5.83 Å². The third-order valence-electron chi connectivity index (χ3n) is 5.24. The number of aromatic nitrogens is 4. The van der Waals surface area contributed by atoms with Gasteiger partial charge in [-0.05, 0) is 42.3 Å². The van der Waals surface area contributed by atoms with Crippen molar-refractivity contribution in [2.24, 2.45) is 5.73 Å². The smallest absolute Gasteiger partial charge is 0.157 e. The number of hydrogen-bond acceptors (Lipinski definition) is 5. The first-order valence-corrected chi connectivity index (χ1v) is 10.6. The van der Waals surface area contributed by atoms with Gasteiger partial charge in [0.15, 0.2) is 5.82 Å². The number of hydrogen-bond donors (Lipinski definition) is 3. The molecule has 0 radical (unpaired) electrons. The molecule has 0 bridgehead atoms. The predicted molar refractivity (Wildman–Crippen MR) is 125 cm³/mol. The minimum Gasteiger partial charge on any atom is -0.404 e. The highest BCUT2D eigenvalue weighted by molar-refractivity contribution is 5.81. The van der Waals surface area contributed by atoms with E-state index in [1.807, 2.05) is 12.1 Å². The Morgan fingerprint density at radius 3 is 2.91 bits per heavy atom. The van der Waals surface area contributed by atoms with Gasteiger partial charge in [0.25, 0.3) is 0 Å². The fourth-order valence-corrected chi connectivity index (χ4v) is 3.61. The number of imidazole rings is 1. The van der Waals surface area contributed by atoms with E-state index >= 15 is 0 Å². The summed E-state index contributed by atoms with van der Waals surface area (Å²) in [5.74, 6) is 0.320. The highest BCUT2D eigenvalue weighted by Crippen LogP contribution is 2.24. The number of aromatic amines is 2. The molecule has 0 amide bonds. The molecule has 0 saturated carbocycles. The molecule has 3 aromatic rings. The van der Waals surface area contributed by atoms with Crippen molar-refractivity contribution in [1.29, 1.82) is 0 Å². The van der Waals surface area contributed by atoms with Crippen molar-refractivity contribution >= 4 is 17.1 Å². The zero-order valence-corrected chi connectivity index (χ0v) is 18.0. The molecule has 0 aliphatic carbocycles. The second-order valence-electron chi connectivity index (χ2n) is 7.55. The van der Waals surface area contributed by atoms with E-state index in [2.05, 4.69) is 32.2 Å². The van der Waals surface area contributed by atoms with Crippen LogP contribution < -0.4 is 5.73 Å². The van der Waals surface area contributed by atoms with Gasteiger partial charge < -0.3 is 15.5 Å². The number of benzene rings is 1. The highest BCUT2D eigenvalue weighted by atomic mass is 19.1. The first-order valence-electron chi connectivity index (χ1n) is 10.6. The van der Waals surface area contributed by atoms with Crippen molar-refractivity contribution in [3.8, 4) is 11.5 Å². The Morgan fingerprint density at radius 2 is 2.12 bits per heavy atom. The summed E-state index contributed by atoms with van der Waals surface area (Å²) < 4.78 is 19.2. The van der Waals surface area contributed by atoms with Crippen LogP contribution in [0.2, 0.25) is 0 Å². The molecule has 1 aliphatic rings. The second-order valence-corrected chi connectivity index (χ2v) is 7.55. The van der Waals surface area contributed by atoms with E-state index in [1.165, 1.54) is 23.9 Å². The Labute approximate surface area is 186 Å². The lowest BCUT2D eigenvalue weighted by Gasteiger charge is -2.26. The predicted octanol–water partition coefficient (Wildman–Crippen LogP) is 4.07. The molecule has 1 fully saturated rings. The molecule has 1 aromatic carbocycles. The summed E-state index contributed by atoms with van der Waals surface area (Å²) in [6, 6.07) is 6.28. The van der Waals surface area contributed by atoms with Crippen LogP contribution in [0.5, 0.6) is 0 Å². The van der Waals surface area contributed by atoms with Crippen molar-refractivity contribution in [3.05, 3.63) is 77.4 Å². The van der Waals surface area contributed by atoms with E-state index < -0.39 is 0 Å². The molecule has 0 unspecified atom stereocenters. The summed E-state index contributed by atoms with van der Waals surface area (Å²) in [6.45, 7) is 6.10. The van der Waals surface area contributed by atoms with Crippen LogP contribution in [0.25, 0.3) is 28.6 Å². The van der Waals surface area contributed by atoms with Crippen LogP contribution in [0.15, 0.2) is 66.3 Å². The standard InChI is InChI=1S/C24H27FN6O/c1-2-3-20(25)12-17(14-26)4-6-19-15-27-30-23(19)24-28-21-7-5-18(13-22(21)29-24)16-31-8-10-32-11-9-31/h2-7,12-15H,8-11,16,26H2,1H3,(H,27,30)(H,28,29)/b3-2+,6-4+,17-14-,20-12+. The monoisotopic (exact) mass is 434 g/mol. The summed E-state index contributed by atoms with van der Waals surface area (Å²) in [6.07, 6.45) is 11.0. The van der Waals surface area contributed by atoms with Crippen LogP contribution in [-0.2, 0) is 11.3 Å². The number of ether oxygens (including phenoxy) is 1. The lowest BCUT2D eigenvalue weighted by atomic mass is 10.1. The third-order valence-corrected chi connectivity index (χ3v) is 5.24. The van der Waals surface area contributed by atoms with Crippen LogP contribution in [0, 0.1) is 0 Å². The normalized spacial score (nSPS) is 16.7. The zero-order chi connectivity index (χ0) is 22.3. The van der Waals surface area contributed by atoms with E-state index in [0.29, 0.717) is 11.4 Å². The van der Waals surface area contributed by atoms with Crippen LogP contribution in [0.4, 0.5) is 4.39 Å². The van der Waals surface area contributed by atoms with E-state index in [1.54, 1.807) is 25.3 Å². The molecule has 1 saturated heterocycles. The van der Waals surface area contributed by atoms with Crippen molar-refractivity contribution < 1.29 is 9.13 Å². The van der Waals surface area contributed by atoms with E-state index in [0.717, 1.165) is 55.1 Å². The van der Waals surface area contributed by atoms with Gasteiger partial charge in [0.05, 0.1) is 30.4 Å². The summed E-state index contributed by atoms with van der Waals surface area (Å²) >= 11 is 0. The van der Waals surface area contributed by atoms with Gasteiger partial charge >= 0.3 is 0 Å². The first kappa shape index (κ1) is 21.7. The lowest BCUT2D eigenvalue weighted by molar-refractivity contribution is 0.0342. The maximum Gasteiger partial charge on any atom is 0.157 e. The molecule has 4 rings (SSSR count). The first-order chi connectivity index (χ1) is 15.7. The molecule has 4 N–H and O–H groups in total. The van der Waals surface area contributed by atoms with Gasteiger partial charge in [-0.25, -0.2) is 9.37 Å². The molecular weight excluding hydrogens is 407 g/mol. The van der Waals surface area contributed by atoms with Crippen LogP contribution >= 0.6 is 0 Å². The number of H-pyrrole nitrogens is 2. The van der Waals surface area contributed by atoms with Crippen LogP contribution in [-0.4, -0.2) is 51.4 Å². The number of nitrogens with one attached hydrogen (secondary N) is 2. The van der Waals surface area contributed by atoms with Gasteiger partial charge in [0.1, 0.15) is 11.5 Å². The maximum atomic E-state index is 13.8. The fraction of sp³-hybridized carbons (Fsp3) is 0.250. The Kier molecular flexibility index (Phi) is 6.94. The number of allylic oxidation sites excluding steroid dienone is 6. The average Bonchev–Trinajstić information content (AvgIpc) is 3.43. The number of morpholine rings is 1. The molecule has 3 heterocycles. The Balaban J connectivity index is 1.55. The number of nitrogens with zero attached hydrogens (tertiary/aromatic N) is 3. The summed E-state index contributed by atoms with van der Waals surface area (Å²) in [5, 5.41) is 7.15. The molecule has 0 spiro atoms. The van der Waals surface area contributed by atoms with Gasteiger partial charge in [-0.3, -0.25) is 10.00 Å². The van der Waals surface area contributed by atoms with E-state index in [4.69, 9.17) is 15.5 Å². The molecule has 0 atom stereocenters. The Bertz CT molecular complexity index is 1180. The highest BCUT2D eigenvalue weighted by Gasteiger charge is 2.13.